The van der Waals surface area contributed by atoms with Gasteiger partial charge >= 0.3 is 0 Å². The van der Waals surface area contributed by atoms with Crippen LogP contribution in [0.1, 0.15) is 6.92 Å². The molecule has 7 nitrogen and oxygen atoms in total. The molecule has 1 aromatic heterocycles. The van der Waals surface area contributed by atoms with Gasteiger partial charge in [0.05, 0.1) is 0 Å². The van der Waals surface area contributed by atoms with Crippen LogP contribution < -0.4 is 16.8 Å². The van der Waals surface area contributed by atoms with Crippen molar-refractivity contribution < 1.29 is 0 Å². The van der Waals surface area contributed by atoms with E-state index in [0.29, 0.717) is 11.7 Å². The number of hydrogen-bond acceptors (Lipinski definition) is 6. The fourth-order valence-corrected chi connectivity index (χ4v) is 1.37. The van der Waals surface area contributed by atoms with E-state index in [1.807, 2.05) is 37.3 Å². The van der Waals surface area contributed by atoms with Crippen molar-refractivity contribution in [3.05, 3.63) is 49.0 Å². The summed E-state index contributed by atoms with van der Waals surface area (Å²) in [5.41, 5.74) is 12.2. The second-order valence-electron chi connectivity index (χ2n) is 4.67. The Morgan fingerprint density at radius 2 is 2.23 bits per heavy atom. The van der Waals surface area contributed by atoms with E-state index in [9.17, 15) is 0 Å². The van der Waals surface area contributed by atoms with Gasteiger partial charge in [0, 0.05) is 38.2 Å². The maximum atomic E-state index is 5.82. The third kappa shape index (κ3) is 6.08. The molecule has 1 aromatic rings. The smallest absolute Gasteiger partial charge is 0.253 e. The summed E-state index contributed by atoms with van der Waals surface area (Å²) in [5, 5.41) is 2.96. The van der Waals surface area contributed by atoms with Crippen molar-refractivity contribution in [3.63, 3.8) is 0 Å². The fourth-order valence-electron chi connectivity index (χ4n) is 1.37. The normalized spacial score (nSPS) is 13.5. The molecule has 0 radical (unpaired) electrons. The van der Waals surface area contributed by atoms with Gasteiger partial charge in [-0.2, -0.15) is 9.98 Å². The van der Waals surface area contributed by atoms with Crippen molar-refractivity contribution in [2.75, 3.05) is 19.8 Å². The number of aliphatic imine (C=N–C) groups is 1. The Bertz CT molecular complexity index is 589. The van der Waals surface area contributed by atoms with Crippen LogP contribution in [-0.2, 0) is 0 Å². The summed E-state index contributed by atoms with van der Waals surface area (Å²) < 4.78 is 0. The number of aromatic nitrogens is 2. The SMILES string of the molecule is C=C(/C=C\C(C)N(C)/C=C\C(N)=Nc1nccc(N)n1)NC. The van der Waals surface area contributed by atoms with Crippen molar-refractivity contribution >= 4 is 17.6 Å². The highest BCUT2D eigenvalue weighted by molar-refractivity contribution is 5.92. The number of amidine groups is 1. The van der Waals surface area contributed by atoms with E-state index in [2.05, 4.69) is 33.8 Å². The van der Waals surface area contributed by atoms with Gasteiger partial charge in [0.15, 0.2) is 0 Å². The quantitative estimate of drug-likeness (QED) is 0.396. The molecule has 0 saturated heterocycles. The molecule has 0 fully saturated rings. The largest absolute Gasteiger partial charge is 0.389 e. The molecule has 5 N–H and O–H groups in total. The van der Waals surface area contributed by atoms with Gasteiger partial charge in [0.25, 0.3) is 5.95 Å². The molecule has 118 valence electrons. The first-order valence-electron chi connectivity index (χ1n) is 6.80. The molecule has 22 heavy (non-hydrogen) atoms. The molecule has 0 spiro atoms. The summed E-state index contributed by atoms with van der Waals surface area (Å²) in [5.74, 6) is 0.891. The molecule has 1 heterocycles. The lowest BCUT2D eigenvalue weighted by Gasteiger charge is -2.19. The molecule has 1 atom stereocenters. The average Bonchev–Trinajstić information content (AvgIpc) is 2.49. The lowest BCUT2D eigenvalue weighted by molar-refractivity contribution is 0.408. The Morgan fingerprint density at radius 3 is 2.86 bits per heavy atom. The molecule has 1 rings (SSSR count). The molecule has 0 aliphatic rings. The Hall–Kier alpha value is -2.83. The number of rotatable bonds is 7. The molecular weight excluding hydrogens is 278 g/mol. The van der Waals surface area contributed by atoms with Crippen LogP contribution in [0.25, 0.3) is 0 Å². The van der Waals surface area contributed by atoms with E-state index < -0.39 is 0 Å². The summed E-state index contributed by atoms with van der Waals surface area (Å²) in [4.78, 5) is 14.0. The van der Waals surface area contributed by atoms with E-state index in [1.54, 1.807) is 12.1 Å². The third-order valence-electron chi connectivity index (χ3n) is 2.91. The Kier molecular flexibility index (Phi) is 6.62. The standard InChI is InChI=1S/C15H23N7/c1-11(18-3)5-6-12(2)22(4)10-8-14(17)21-15-19-9-7-13(16)20-15/h5-10,12,18H,1H2,2-4H3,(H4,16,17,19,20,21)/b6-5-,10-8-. The van der Waals surface area contributed by atoms with Crippen LogP contribution in [0.15, 0.2) is 54.0 Å². The molecule has 7 heteroatoms. The number of nitrogen functional groups attached to an aromatic ring is 1. The number of nitrogens with zero attached hydrogens (tertiary/aromatic N) is 4. The molecule has 0 amide bonds. The number of nitrogens with two attached hydrogens (primary N) is 2. The maximum absolute atomic E-state index is 5.82. The molecule has 0 aromatic carbocycles. The second-order valence-corrected chi connectivity index (χ2v) is 4.67. The van der Waals surface area contributed by atoms with E-state index in [0.717, 1.165) is 5.70 Å². The van der Waals surface area contributed by atoms with Gasteiger partial charge in [0.2, 0.25) is 0 Å². The van der Waals surface area contributed by atoms with Crippen LogP contribution in [0.2, 0.25) is 0 Å². The fraction of sp³-hybridized carbons (Fsp3) is 0.267. The van der Waals surface area contributed by atoms with Crippen LogP contribution in [0.5, 0.6) is 0 Å². The topological polar surface area (TPSA) is 105 Å². The van der Waals surface area contributed by atoms with Crippen LogP contribution in [-0.4, -0.2) is 40.8 Å². The van der Waals surface area contributed by atoms with Gasteiger partial charge in [-0.05, 0) is 25.1 Å². The van der Waals surface area contributed by atoms with Crippen molar-refractivity contribution in [2.45, 2.75) is 13.0 Å². The van der Waals surface area contributed by atoms with Crippen molar-refractivity contribution in [1.29, 1.82) is 0 Å². The Balaban J connectivity index is 2.66. The van der Waals surface area contributed by atoms with Gasteiger partial charge in [-0.15, -0.1) is 0 Å². The molecular formula is C15H23N7. The predicted octanol–water partition coefficient (Wildman–Crippen LogP) is 1.17. The lowest BCUT2D eigenvalue weighted by atomic mass is 10.2. The number of anilines is 1. The number of hydrogen-bond donors (Lipinski definition) is 3. The van der Waals surface area contributed by atoms with Crippen LogP contribution >= 0.6 is 0 Å². The number of nitrogens with one attached hydrogen (secondary N) is 1. The summed E-state index contributed by atoms with van der Waals surface area (Å²) in [6.45, 7) is 5.89. The zero-order valence-electron chi connectivity index (χ0n) is 13.2. The predicted molar refractivity (Wildman–Crippen MR) is 91.4 cm³/mol. The highest BCUT2D eigenvalue weighted by atomic mass is 15.1. The third-order valence-corrected chi connectivity index (χ3v) is 2.91. The minimum Gasteiger partial charge on any atom is -0.389 e. The first kappa shape index (κ1) is 17.2. The molecule has 1 unspecified atom stereocenters. The van der Waals surface area contributed by atoms with Crippen molar-refractivity contribution in [3.8, 4) is 0 Å². The summed E-state index contributed by atoms with van der Waals surface area (Å²) in [6, 6.07) is 1.77. The highest BCUT2D eigenvalue weighted by Gasteiger charge is 2.01. The Morgan fingerprint density at radius 1 is 1.50 bits per heavy atom. The van der Waals surface area contributed by atoms with Gasteiger partial charge in [0.1, 0.15) is 11.7 Å². The van der Waals surface area contributed by atoms with Crippen molar-refractivity contribution in [2.24, 2.45) is 10.7 Å². The Labute approximate surface area is 131 Å². The van der Waals surface area contributed by atoms with Crippen LogP contribution in [0.3, 0.4) is 0 Å². The first-order chi connectivity index (χ1) is 10.4. The molecule has 0 aliphatic carbocycles. The molecule has 0 saturated carbocycles. The monoisotopic (exact) mass is 301 g/mol. The second kappa shape index (κ2) is 8.46. The zero-order valence-corrected chi connectivity index (χ0v) is 13.2. The number of likely N-dealkylation sites (N-methyl/N-ethyl adjacent to an activating group) is 2. The summed E-state index contributed by atoms with van der Waals surface area (Å²) in [7, 11) is 3.77. The van der Waals surface area contributed by atoms with E-state index >= 15 is 0 Å². The van der Waals surface area contributed by atoms with Crippen molar-refractivity contribution in [1.82, 2.24) is 20.2 Å². The van der Waals surface area contributed by atoms with Crippen LogP contribution in [0.4, 0.5) is 11.8 Å². The minimum absolute atomic E-state index is 0.178. The lowest BCUT2D eigenvalue weighted by Crippen LogP contribution is -2.22. The molecule has 0 bridgehead atoms. The van der Waals surface area contributed by atoms with Gasteiger partial charge in [-0.3, -0.25) is 0 Å². The average molecular weight is 301 g/mol. The van der Waals surface area contributed by atoms with E-state index in [4.69, 9.17) is 11.5 Å². The summed E-state index contributed by atoms with van der Waals surface area (Å²) in [6.07, 6.45) is 9.00. The zero-order chi connectivity index (χ0) is 16.5. The highest BCUT2D eigenvalue weighted by Crippen LogP contribution is 2.05. The summed E-state index contributed by atoms with van der Waals surface area (Å²) >= 11 is 0. The van der Waals surface area contributed by atoms with E-state index in [-0.39, 0.29) is 12.0 Å². The number of allylic oxidation sites excluding steroid dienone is 1. The van der Waals surface area contributed by atoms with Gasteiger partial charge in [-0.1, -0.05) is 12.7 Å². The minimum atomic E-state index is 0.178. The van der Waals surface area contributed by atoms with Crippen LogP contribution in [0, 0.1) is 0 Å². The van der Waals surface area contributed by atoms with Gasteiger partial charge in [-0.25, -0.2) is 4.98 Å². The van der Waals surface area contributed by atoms with E-state index in [1.165, 1.54) is 6.20 Å². The maximum Gasteiger partial charge on any atom is 0.253 e. The van der Waals surface area contributed by atoms with Gasteiger partial charge < -0.3 is 21.7 Å². The first-order valence-corrected chi connectivity index (χ1v) is 6.80. The molecule has 0 aliphatic heterocycles.